The Balaban J connectivity index is 1.62. The molecule has 1 fully saturated rings. The van der Waals surface area contributed by atoms with Crippen LogP contribution in [-0.2, 0) is 6.54 Å². The van der Waals surface area contributed by atoms with Gasteiger partial charge < -0.3 is 4.90 Å². The fourth-order valence-electron chi connectivity index (χ4n) is 2.67. The minimum absolute atomic E-state index is 1.01. The van der Waals surface area contributed by atoms with Crippen LogP contribution in [0.15, 0.2) is 35.3 Å². The quantitative estimate of drug-likeness (QED) is 0.706. The van der Waals surface area contributed by atoms with Crippen molar-refractivity contribution < 1.29 is 0 Å². The Kier molecular flexibility index (Phi) is 6.09. The highest BCUT2D eigenvalue weighted by Crippen LogP contribution is 2.14. The average Bonchev–Trinajstić information content (AvgIpc) is 2.46. The van der Waals surface area contributed by atoms with Gasteiger partial charge in [-0.05, 0) is 51.3 Å². The van der Waals surface area contributed by atoms with Crippen molar-refractivity contribution in [3.63, 3.8) is 0 Å². The molecule has 19 heavy (non-hydrogen) atoms. The van der Waals surface area contributed by atoms with Gasteiger partial charge in [0.1, 0.15) is 0 Å². The normalized spacial score (nSPS) is 15.8. The van der Waals surface area contributed by atoms with Crippen LogP contribution < -0.4 is 0 Å². The van der Waals surface area contributed by atoms with Gasteiger partial charge in [-0.1, -0.05) is 36.8 Å². The molecule has 104 valence electrons. The largest absolute Gasteiger partial charge is 0.302 e. The number of nitrogens with zero attached hydrogens (tertiary/aromatic N) is 2. The Labute approximate surface area is 117 Å². The molecule has 2 heteroatoms. The molecule has 0 aromatic heterocycles. The summed E-state index contributed by atoms with van der Waals surface area (Å²) in [6.45, 7) is 3.18. The monoisotopic (exact) mass is 258 g/mol. The fourth-order valence-corrected chi connectivity index (χ4v) is 2.67. The van der Waals surface area contributed by atoms with E-state index < -0.39 is 0 Å². The molecule has 2 nitrogen and oxygen atoms in total. The van der Waals surface area contributed by atoms with E-state index in [-0.39, 0.29) is 0 Å². The number of hydrogen-bond donors (Lipinski definition) is 0. The molecule has 0 bridgehead atoms. The maximum absolute atomic E-state index is 4.75. The molecule has 0 spiro atoms. The van der Waals surface area contributed by atoms with Gasteiger partial charge in [0.05, 0.1) is 0 Å². The van der Waals surface area contributed by atoms with E-state index in [4.69, 9.17) is 4.99 Å². The van der Waals surface area contributed by atoms with Gasteiger partial charge in [-0.25, -0.2) is 0 Å². The number of benzene rings is 1. The maximum Gasteiger partial charge on any atom is 0.0400 e. The molecule has 0 heterocycles. The van der Waals surface area contributed by atoms with Crippen LogP contribution in [0.1, 0.15) is 44.1 Å². The molecule has 2 rings (SSSR count). The molecule has 0 N–H and O–H groups in total. The van der Waals surface area contributed by atoms with Crippen molar-refractivity contribution >= 4 is 5.71 Å². The molecule has 1 aromatic carbocycles. The second kappa shape index (κ2) is 8.11. The van der Waals surface area contributed by atoms with Crippen molar-refractivity contribution in [2.45, 2.75) is 45.1 Å². The molecule has 1 aliphatic carbocycles. The predicted octanol–water partition coefficient (Wildman–Crippen LogP) is 3.91. The van der Waals surface area contributed by atoms with E-state index in [2.05, 4.69) is 42.3 Å². The highest BCUT2D eigenvalue weighted by atomic mass is 15.1. The Bertz CT molecular complexity index is 376. The molecular weight excluding hydrogens is 232 g/mol. The first-order chi connectivity index (χ1) is 9.34. The van der Waals surface area contributed by atoms with Crippen LogP contribution in [0.4, 0.5) is 0 Å². The van der Waals surface area contributed by atoms with E-state index in [0.717, 1.165) is 19.6 Å². The van der Waals surface area contributed by atoms with Crippen LogP contribution in [-0.4, -0.2) is 30.7 Å². The average molecular weight is 258 g/mol. The lowest BCUT2D eigenvalue weighted by molar-refractivity contribution is 0.324. The minimum Gasteiger partial charge on any atom is -0.302 e. The van der Waals surface area contributed by atoms with Crippen LogP contribution in [0.25, 0.3) is 0 Å². The number of aliphatic imine (C=N–C) groups is 1. The highest BCUT2D eigenvalue weighted by Gasteiger charge is 2.06. The van der Waals surface area contributed by atoms with Crippen LogP contribution >= 0.6 is 0 Å². The summed E-state index contributed by atoms with van der Waals surface area (Å²) in [5.41, 5.74) is 2.86. The Morgan fingerprint density at radius 3 is 2.53 bits per heavy atom. The summed E-state index contributed by atoms with van der Waals surface area (Å²) in [7, 11) is 2.20. The first kappa shape index (κ1) is 14.3. The minimum atomic E-state index is 1.01. The summed E-state index contributed by atoms with van der Waals surface area (Å²) >= 11 is 0. The van der Waals surface area contributed by atoms with Gasteiger partial charge in [-0.15, -0.1) is 0 Å². The Morgan fingerprint density at radius 2 is 1.79 bits per heavy atom. The molecule has 0 amide bonds. The summed E-state index contributed by atoms with van der Waals surface area (Å²) in [6, 6.07) is 10.7. The van der Waals surface area contributed by atoms with Gasteiger partial charge in [-0.2, -0.15) is 0 Å². The lowest BCUT2D eigenvalue weighted by atomic mass is 9.98. The third-order valence-electron chi connectivity index (χ3n) is 3.76. The van der Waals surface area contributed by atoms with Crippen LogP contribution in [0, 0.1) is 0 Å². The van der Waals surface area contributed by atoms with E-state index in [1.807, 2.05) is 0 Å². The zero-order valence-electron chi connectivity index (χ0n) is 12.1. The standard InChI is InChI=1S/C17H26N2/c1-19(15-16-9-4-2-5-10-16)14-8-13-18-17-11-6-3-7-12-17/h2,4-5,9-10H,3,6-8,11-15H2,1H3. The first-order valence-corrected chi connectivity index (χ1v) is 7.59. The van der Waals surface area contributed by atoms with E-state index in [0.29, 0.717) is 0 Å². The van der Waals surface area contributed by atoms with Crippen molar-refractivity contribution in [1.29, 1.82) is 0 Å². The molecular formula is C17H26N2. The lowest BCUT2D eigenvalue weighted by Gasteiger charge is -2.16. The zero-order valence-corrected chi connectivity index (χ0v) is 12.1. The summed E-state index contributed by atoms with van der Waals surface area (Å²) in [4.78, 5) is 7.14. The molecule has 1 saturated carbocycles. The van der Waals surface area contributed by atoms with Gasteiger partial charge in [0, 0.05) is 18.8 Å². The SMILES string of the molecule is CN(CCCN=C1CCCCC1)Cc1ccccc1. The molecule has 0 radical (unpaired) electrons. The van der Waals surface area contributed by atoms with Crippen molar-refractivity contribution in [3.05, 3.63) is 35.9 Å². The third kappa shape index (κ3) is 5.56. The topological polar surface area (TPSA) is 15.6 Å². The molecule has 1 aliphatic rings. The molecule has 0 saturated heterocycles. The van der Waals surface area contributed by atoms with E-state index >= 15 is 0 Å². The molecule has 1 aromatic rings. The maximum atomic E-state index is 4.75. The van der Waals surface area contributed by atoms with E-state index in [9.17, 15) is 0 Å². The number of hydrogen-bond acceptors (Lipinski definition) is 2. The molecule has 0 atom stereocenters. The smallest absolute Gasteiger partial charge is 0.0400 e. The van der Waals surface area contributed by atoms with E-state index in [1.165, 1.54) is 49.8 Å². The van der Waals surface area contributed by atoms with Crippen molar-refractivity contribution in [1.82, 2.24) is 4.90 Å². The van der Waals surface area contributed by atoms with Gasteiger partial charge in [0.2, 0.25) is 0 Å². The first-order valence-electron chi connectivity index (χ1n) is 7.59. The number of rotatable bonds is 6. The third-order valence-corrected chi connectivity index (χ3v) is 3.76. The van der Waals surface area contributed by atoms with Gasteiger partial charge in [0.15, 0.2) is 0 Å². The Hall–Kier alpha value is -1.15. The second-order valence-electron chi connectivity index (χ2n) is 5.59. The zero-order chi connectivity index (χ0) is 13.3. The highest BCUT2D eigenvalue weighted by molar-refractivity contribution is 5.84. The van der Waals surface area contributed by atoms with Crippen LogP contribution in [0.3, 0.4) is 0 Å². The predicted molar refractivity (Wildman–Crippen MR) is 82.8 cm³/mol. The van der Waals surface area contributed by atoms with Crippen LogP contribution in [0.5, 0.6) is 0 Å². The van der Waals surface area contributed by atoms with Gasteiger partial charge in [0.25, 0.3) is 0 Å². The van der Waals surface area contributed by atoms with Gasteiger partial charge >= 0.3 is 0 Å². The fraction of sp³-hybridized carbons (Fsp3) is 0.588. The molecule has 0 unspecified atom stereocenters. The van der Waals surface area contributed by atoms with Crippen LogP contribution in [0.2, 0.25) is 0 Å². The van der Waals surface area contributed by atoms with Crippen molar-refractivity contribution in [2.24, 2.45) is 4.99 Å². The molecule has 0 aliphatic heterocycles. The Morgan fingerprint density at radius 1 is 1.05 bits per heavy atom. The van der Waals surface area contributed by atoms with Gasteiger partial charge in [-0.3, -0.25) is 4.99 Å². The van der Waals surface area contributed by atoms with Crippen molar-refractivity contribution in [3.8, 4) is 0 Å². The van der Waals surface area contributed by atoms with Crippen molar-refractivity contribution in [2.75, 3.05) is 20.1 Å². The second-order valence-corrected chi connectivity index (χ2v) is 5.59. The summed E-state index contributed by atoms with van der Waals surface area (Å²) in [5.74, 6) is 0. The van der Waals surface area contributed by atoms with E-state index in [1.54, 1.807) is 0 Å². The summed E-state index contributed by atoms with van der Waals surface area (Å²) < 4.78 is 0. The lowest BCUT2D eigenvalue weighted by Crippen LogP contribution is -2.19. The summed E-state index contributed by atoms with van der Waals surface area (Å²) in [5, 5.41) is 0. The summed E-state index contributed by atoms with van der Waals surface area (Å²) in [6.07, 6.45) is 7.78.